The number of amides is 1. The summed E-state index contributed by atoms with van der Waals surface area (Å²) < 4.78 is 33.4. The Bertz CT molecular complexity index is 951. The maximum absolute atomic E-state index is 12.6. The molecule has 0 spiro atoms. The first-order chi connectivity index (χ1) is 13.3. The van der Waals surface area contributed by atoms with Crippen LogP contribution in [0.2, 0.25) is 5.02 Å². The standard InChI is InChI=1S/C18H23ClN4O4S/c1-13-18(19)14(2)23(21-13)12-17(24)20-11-15-3-5-16(6-4-15)28(25,26)22-7-9-27-10-8-22/h3-6H,7-12H2,1-2H3,(H,20,24). The van der Waals surface area contributed by atoms with E-state index in [-0.39, 0.29) is 17.3 Å². The summed E-state index contributed by atoms with van der Waals surface area (Å²) in [6, 6.07) is 6.53. The molecule has 1 aliphatic rings. The van der Waals surface area contributed by atoms with E-state index in [1.807, 2.05) is 6.92 Å². The maximum Gasteiger partial charge on any atom is 0.243 e. The van der Waals surface area contributed by atoms with Crippen LogP contribution in [0.15, 0.2) is 29.2 Å². The molecule has 0 unspecified atom stereocenters. The minimum absolute atomic E-state index is 0.0723. The van der Waals surface area contributed by atoms with Crippen molar-refractivity contribution in [3.05, 3.63) is 46.2 Å². The summed E-state index contributed by atoms with van der Waals surface area (Å²) in [6.07, 6.45) is 0. The van der Waals surface area contributed by atoms with Crippen LogP contribution in [-0.4, -0.2) is 54.7 Å². The second-order valence-corrected chi connectivity index (χ2v) is 8.90. The average molecular weight is 427 g/mol. The minimum Gasteiger partial charge on any atom is -0.379 e. The molecule has 0 aliphatic carbocycles. The van der Waals surface area contributed by atoms with Gasteiger partial charge in [0.1, 0.15) is 6.54 Å². The molecule has 1 fully saturated rings. The number of benzene rings is 1. The predicted molar refractivity (Wildman–Crippen MR) is 105 cm³/mol. The van der Waals surface area contributed by atoms with E-state index in [0.29, 0.717) is 43.6 Å². The number of nitrogens with one attached hydrogen (secondary N) is 1. The van der Waals surface area contributed by atoms with Crippen molar-refractivity contribution in [2.24, 2.45) is 0 Å². The van der Waals surface area contributed by atoms with Gasteiger partial charge in [0.15, 0.2) is 0 Å². The summed E-state index contributed by atoms with van der Waals surface area (Å²) in [7, 11) is -3.52. The fourth-order valence-electron chi connectivity index (χ4n) is 2.94. The van der Waals surface area contributed by atoms with Crippen molar-refractivity contribution in [3.8, 4) is 0 Å². The van der Waals surface area contributed by atoms with Crippen LogP contribution < -0.4 is 5.32 Å². The van der Waals surface area contributed by atoms with E-state index < -0.39 is 10.0 Å². The first kappa shape index (κ1) is 20.8. The third kappa shape index (κ3) is 4.54. The van der Waals surface area contributed by atoms with Crippen LogP contribution in [0.3, 0.4) is 0 Å². The largest absolute Gasteiger partial charge is 0.379 e. The fraction of sp³-hybridized carbons (Fsp3) is 0.444. The van der Waals surface area contributed by atoms with Gasteiger partial charge in [-0.15, -0.1) is 0 Å². The highest BCUT2D eigenvalue weighted by molar-refractivity contribution is 7.89. The quantitative estimate of drug-likeness (QED) is 0.755. The van der Waals surface area contributed by atoms with Crippen LogP contribution in [-0.2, 0) is 32.6 Å². The van der Waals surface area contributed by atoms with Crippen molar-refractivity contribution in [2.45, 2.75) is 31.8 Å². The molecule has 3 rings (SSSR count). The predicted octanol–water partition coefficient (Wildman–Crippen LogP) is 1.49. The highest BCUT2D eigenvalue weighted by atomic mass is 35.5. The Kier molecular flexibility index (Phi) is 6.39. The Morgan fingerprint density at radius 3 is 2.43 bits per heavy atom. The van der Waals surface area contributed by atoms with E-state index in [1.165, 1.54) is 4.31 Å². The molecule has 10 heteroatoms. The number of carbonyl (C=O) groups is 1. The molecule has 1 aromatic carbocycles. The molecular formula is C18H23ClN4O4S. The van der Waals surface area contributed by atoms with Gasteiger partial charge in [0, 0.05) is 19.6 Å². The zero-order valence-corrected chi connectivity index (χ0v) is 17.4. The summed E-state index contributed by atoms with van der Waals surface area (Å²) in [5.74, 6) is -0.202. The molecule has 28 heavy (non-hydrogen) atoms. The first-order valence-corrected chi connectivity index (χ1v) is 10.7. The molecule has 2 aromatic rings. The number of aromatic nitrogens is 2. The molecular weight excluding hydrogens is 404 g/mol. The third-order valence-electron chi connectivity index (χ3n) is 4.61. The van der Waals surface area contributed by atoms with Gasteiger partial charge in [-0.05, 0) is 31.5 Å². The molecule has 0 saturated carbocycles. The van der Waals surface area contributed by atoms with E-state index in [9.17, 15) is 13.2 Å². The lowest BCUT2D eigenvalue weighted by Crippen LogP contribution is -2.40. The van der Waals surface area contributed by atoms with Gasteiger partial charge in [0.25, 0.3) is 0 Å². The lowest BCUT2D eigenvalue weighted by atomic mass is 10.2. The van der Waals surface area contributed by atoms with Gasteiger partial charge in [-0.25, -0.2) is 8.42 Å². The average Bonchev–Trinajstić information content (AvgIpc) is 2.94. The smallest absolute Gasteiger partial charge is 0.243 e. The number of hydrogen-bond donors (Lipinski definition) is 1. The highest BCUT2D eigenvalue weighted by Gasteiger charge is 2.26. The summed E-state index contributed by atoms with van der Waals surface area (Å²) in [5, 5.41) is 7.60. The van der Waals surface area contributed by atoms with E-state index in [4.69, 9.17) is 16.3 Å². The van der Waals surface area contributed by atoms with E-state index in [1.54, 1.807) is 35.9 Å². The number of aryl methyl sites for hydroxylation is 1. The maximum atomic E-state index is 12.6. The summed E-state index contributed by atoms with van der Waals surface area (Å²) in [4.78, 5) is 12.4. The number of sulfonamides is 1. The third-order valence-corrected chi connectivity index (χ3v) is 7.07. The van der Waals surface area contributed by atoms with Gasteiger partial charge in [-0.1, -0.05) is 23.7 Å². The van der Waals surface area contributed by atoms with Crippen molar-refractivity contribution < 1.29 is 17.9 Å². The fourth-order valence-corrected chi connectivity index (χ4v) is 4.48. The molecule has 1 amide bonds. The van der Waals surface area contributed by atoms with Crippen LogP contribution in [0.25, 0.3) is 0 Å². The lowest BCUT2D eigenvalue weighted by molar-refractivity contribution is -0.122. The molecule has 2 heterocycles. The van der Waals surface area contributed by atoms with Gasteiger partial charge >= 0.3 is 0 Å². The number of hydrogen-bond acceptors (Lipinski definition) is 5. The first-order valence-electron chi connectivity index (χ1n) is 8.92. The van der Waals surface area contributed by atoms with Gasteiger partial charge < -0.3 is 10.1 Å². The Morgan fingerprint density at radius 2 is 1.86 bits per heavy atom. The summed E-state index contributed by atoms with van der Waals surface area (Å²) in [5.41, 5.74) is 2.23. The van der Waals surface area contributed by atoms with Crippen LogP contribution in [0.5, 0.6) is 0 Å². The van der Waals surface area contributed by atoms with Crippen LogP contribution in [0.1, 0.15) is 17.0 Å². The second-order valence-electron chi connectivity index (χ2n) is 6.58. The number of ether oxygens (including phenoxy) is 1. The monoisotopic (exact) mass is 426 g/mol. The van der Waals surface area contributed by atoms with Crippen molar-refractivity contribution in [2.75, 3.05) is 26.3 Å². The summed E-state index contributed by atoms with van der Waals surface area (Å²) >= 11 is 6.09. The van der Waals surface area contributed by atoms with Gasteiger partial charge in [-0.2, -0.15) is 9.40 Å². The zero-order chi connectivity index (χ0) is 20.3. The van der Waals surface area contributed by atoms with E-state index >= 15 is 0 Å². The number of rotatable bonds is 6. The van der Waals surface area contributed by atoms with Crippen molar-refractivity contribution >= 4 is 27.5 Å². The molecule has 1 aromatic heterocycles. The van der Waals surface area contributed by atoms with Crippen molar-refractivity contribution in [1.82, 2.24) is 19.4 Å². The zero-order valence-electron chi connectivity index (χ0n) is 15.8. The molecule has 8 nitrogen and oxygen atoms in total. The van der Waals surface area contributed by atoms with Crippen molar-refractivity contribution in [3.63, 3.8) is 0 Å². The number of halogens is 1. The molecule has 0 atom stereocenters. The van der Waals surface area contributed by atoms with E-state index in [0.717, 1.165) is 11.3 Å². The number of morpholine rings is 1. The van der Waals surface area contributed by atoms with Crippen LogP contribution in [0, 0.1) is 13.8 Å². The molecule has 1 N–H and O–H groups in total. The molecule has 152 valence electrons. The molecule has 1 aliphatic heterocycles. The Morgan fingerprint density at radius 1 is 1.21 bits per heavy atom. The van der Waals surface area contributed by atoms with Gasteiger partial charge in [0.05, 0.1) is 34.5 Å². The lowest BCUT2D eigenvalue weighted by Gasteiger charge is -2.26. The highest BCUT2D eigenvalue weighted by Crippen LogP contribution is 2.19. The van der Waals surface area contributed by atoms with Crippen LogP contribution >= 0.6 is 11.6 Å². The number of nitrogens with zero attached hydrogens (tertiary/aromatic N) is 3. The topological polar surface area (TPSA) is 93.5 Å². The number of carbonyl (C=O) groups excluding carboxylic acids is 1. The minimum atomic E-state index is -3.52. The molecule has 0 bridgehead atoms. The second kappa shape index (κ2) is 8.60. The SMILES string of the molecule is Cc1nn(CC(=O)NCc2ccc(S(=O)(=O)N3CCOCC3)cc2)c(C)c1Cl. The molecule has 0 radical (unpaired) electrons. The van der Waals surface area contributed by atoms with Gasteiger partial charge in [0.2, 0.25) is 15.9 Å². The molecule has 1 saturated heterocycles. The van der Waals surface area contributed by atoms with Gasteiger partial charge in [-0.3, -0.25) is 9.48 Å². The Labute approximate surface area is 169 Å². The van der Waals surface area contributed by atoms with Crippen molar-refractivity contribution in [1.29, 1.82) is 0 Å². The normalized spacial score (nSPS) is 15.5. The van der Waals surface area contributed by atoms with E-state index in [2.05, 4.69) is 10.4 Å². The van der Waals surface area contributed by atoms with Crippen LogP contribution in [0.4, 0.5) is 0 Å². The Balaban J connectivity index is 1.58. The Hall–Kier alpha value is -1.94. The summed E-state index contributed by atoms with van der Waals surface area (Å²) in [6.45, 7) is 5.49.